The van der Waals surface area contributed by atoms with Gasteiger partial charge in [-0.2, -0.15) is 0 Å². The highest BCUT2D eigenvalue weighted by molar-refractivity contribution is 5.78. The molecule has 1 aliphatic carbocycles. The number of hydrogen-bond acceptors (Lipinski definition) is 3. The van der Waals surface area contributed by atoms with Crippen molar-refractivity contribution in [3.63, 3.8) is 0 Å². The molecule has 1 fully saturated rings. The molecule has 0 aromatic heterocycles. The van der Waals surface area contributed by atoms with Gasteiger partial charge in [0.25, 0.3) is 0 Å². The second-order valence-corrected chi connectivity index (χ2v) is 6.44. The molecular weight excluding hydrogens is 290 g/mol. The van der Waals surface area contributed by atoms with Gasteiger partial charge in [-0.25, -0.2) is 0 Å². The molecule has 1 amide bonds. The van der Waals surface area contributed by atoms with Gasteiger partial charge < -0.3 is 9.64 Å². The molecular formula is C19H23NO3. The van der Waals surface area contributed by atoms with Crippen LogP contribution in [0.5, 0.6) is 0 Å². The zero-order valence-electron chi connectivity index (χ0n) is 13.3. The number of carbonyl (C=O) groups is 2. The molecule has 23 heavy (non-hydrogen) atoms. The van der Waals surface area contributed by atoms with Gasteiger partial charge >= 0.3 is 5.97 Å². The highest BCUT2D eigenvalue weighted by atomic mass is 16.5. The summed E-state index contributed by atoms with van der Waals surface area (Å²) >= 11 is 0. The van der Waals surface area contributed by atoms with E-state index in [2.05, 4.69) is 12.2 Å². The summed E-state index contributed by atoms with van der Waals surface area (Å²) in [5, 5.41) is 0. The molecule has 3 rings (SSSR count). The summed E-state index contributed by atoms with van der Waals surface area (Å²) in [5.74, 6) is 0.158. The maximum atomic E-state index is 12.1. The number of ether oxygens (including phenoxy) is 1. The predicted molar refractivity (Wildman–Crippen MR) is 87.4 cm³/mol. The van der Waals surface area contributed by atoms with Crippen LogP contribution in [0.25, 0.3) is 0 Å². The molecule has 1 heterocycles. The van der Waals surface area contributed by atoms with Crippen LogP contribution in [0.3, 0.4) is 0 Å². The van der Waals surface area contributed by atoms with Crippen molar-refractivity contribution >= 4 is 11.9 Å². The van der Waals surface area contributed by atoms with Gasteiger partial charge in [0.05, 0.1) is 12.5 Å². The molecule has 0 radical (unpaired) electrons. The highest BCUT2D eigenvalue weighted by Gasteiger charge is 2.31. The number of amides is 1. The molecule has 1 saturated heterocycles. The Morgan fingerprint density at radius 3 is 2.78 bits per heavy atom. The van der Waals surface area contributed by atoms with E-state index in [1.54, 1.807) is 0 Å². The van der Waals surface area contributed by atoms with Crippen LogP contribution >= 0.6 is 0 Å². The second kappa shape index (κ2) is 7.44. The van der Waals surface area contributed by atoms with E-state index in [-0.39, 0.29) is 23.7 Å². The average Bonchev–Trinajstić information content (AvgIpc) is 2.94. The Labute approximate surface area is 137 Å². The van der Waals surface area contributed by atoms with Crippen molar-refractivity contribution < 1.29 is 14.3 Å². The lowest BCUT2D eigenvalue weighted by Crippen LogP contribution is -2.26. The summed E-state index contributed by atoms with van der Waals surface area (Å²) in [6, 6.07) is 9.98. The first-order chi connectivity index (χ1) is 11.2. The van der Waals surface area contributed by atoms with Crippen molar-refractivity contribution in [2.24, 2.45) is 11.8 Å². The zero-order chi connectivity index (χ0) is 16.1. The highest BCUT2D eigenvalue weighted by Crippen LogP contribution is 2.23. The summed E-state index contributed by atoms with van der Waals surface area (Å²) in [6.45, 7) is 1.67. The minimum atomic E-state index is -0.108. The van der Waals surface area contributed by atoms with Crippen molar-refractivity contribution in [2.75, 3.05) is 13.2 Å². The van der Waals surface area contributed by atoms with Crippen LogP contribution in [0, 0.1) is 11.8 Å². The van der Waals surface area contributed by atoms with Crippen molar-refractivity contribution in [3.8, 4) is 0 Å². The molecule has 4 nitrogen and oxygen atoms in total. The average molecular weight is 313 g/mol. The maximum absolute atomic E-state index is 12.1. The Bertz CT molecular complexity index is 582. The maximum Gasteiger partial charge on any atom is 0.309 e. The van der Waals surface area contributed by atoms with E-state index in [0.29, 0.717) is 26.1 Å². The topological polar surface area (TPSA) is 46.6 Å². The zero-order valence-corrected chi connectivity index (χ0v) is 13.3. The first-order valence-corrected chi connectivity index (χ1v) is 8.35. The van der Waals surface area contributed by atoms with Gasteiger partial charge in [-0.05, 0) is 24.8 Å². The van der Waals surface area contributed by atoms with Crippen LogP contribution in [0.1, 0.15) is 31.2 Å². The van der Waals surface area contributed by atoms with Gasteiger partial charge in [0.1, 0.15) is 0 Å². The third kappa shape index (κ3) is 4.21. The van der Waals surface area contributed by atoms with E-state index >= 15 is 0 Å². The van der Waals surface area contributed by atoms with E-state index in [1.165, 1.54) is 0 Å². The first-order valence-electron chi connectivity index (χ1n) is 8.35. The number of rotatable bonds is 5. The number of benzene rings is 1. The fourth-order valence-electron chi connectivity index (χ4n) is 3.25. The van der Waals surface area contributed by atoms with Crippen LogP contribution in [-0.2, 0) is 20.9 Å². The van der Waals surface area contributed by atoms with Crippen LogP contribution in [0.4, 0.5) is 0 Å². The molecule has 0 bridgehead atoms. The van der Waals surface area contributed by atoms with Crippen LogP contribution in [-0.4, -0.2) is 29.9 Å². The Hall–Kier alpha value is -2.10. The third-order valence-corrected chi connectivity index (χ3v) is 4.57. The summed E-state index contributed by atoms with van der Waals surface area (Å²) < 4.78 is 5.46. The minimum Gasteiger partial charge on any atom is -0.465 e. The van der Waals surface area contributed by atoms with E-state index < -0.39 is 0 Å². The number of allylic oxidation sites excluding steroid dienone is 2. The van der Waals surface area contributed by atoms with Crippen LogP contribution < -0.4 is 0 Å². The molecule has 2 aliphatic rings. The largest absolute Gasteiger partial charge is 0.465 e. The van der Waals surface area contributed by atoms with Crippen molar-refractivity contribution in [2.45, 2.75) is 32.2 Å². The fraction of sp³-hybridized carbons (Fsp3) is 0.474. The van der Waals surface area contributed by atoms with Gasteiger partial charge in [-0.15, -0.1) is 0 Å². The lowest BCUT2D eigenvalue weighted by atomic mass is 9.95. The number of hydrogen-bond donors (Lipinski definition) is 0. The Balaban J connectivity index is 1.46. The van der Waals surface area contributed by atoms with Crippen LogP contribution in [0.15, 0.2) is 42.5 Å². The Morgan fingerprint density at radius 2 is 2.04 bits per heavy atom. The monoisotopic (exact) mass is 313 g/mol. The summed E-state index contributed by atoms with van der Waals surface area (Å²) in [5.41, 5.74) is 1.13. The normalized spacial score (nSPS) is 24.0. The molecule has 0 saturated carbocycles. The smallest absolute Gasteiger partial charge is 0.309 e. The summed E-state index contributed by atoms with van der Waals surface area (Å²) in [7, 11) is 0. The lowest BCUT2D eigenvalue weighted by molar-refractivity contribution is -0.150. The number of carbonyl (C=O) groups excluding carboxylic acids is 2. The first kappa shape index (κ1) is 15.8. The minimum absolute atomic E-state index is 0.00229. The van der Waals surface area contributed by atoms with Crippen molar-refractivity contribution in [3.05, 3.63) is 48.0 Å². The Kier molecular flexibility index (Phi) is 5.11. The van der Waals surface area contributed by atoms with Crippen LogP contribution in [0.2, 0.25) is 0 Å². The summed E-state index contributed by atoms with van der Waals surface area (Å²) in [4.78, 5) is 26.0. The van der Waals surface area contributed by atoms with Gasteiger partial charge in [0.15, 0.2) is 0 Å². The summed E-state index contributed by atoms with van der Waals surface area (Å²) in [6.07, 6.45) is 7.25. The van der Waals surface area contributed by atoms with E-state index in [0.717, 1.165) is 24.8 Å². The molecule has 0 unspecified atom stereocenters. The third-order valence-electron chi connectivity index (χ3n) is 4.57. The van der Waals surface area contributed by atoms with Gasteiger partial charge in [-0.1, -0.05) is 42.5 Å². The molecule has 1 aromatic rings. The van der Waals surface area contributed by atoms with E-state index in [4.69, 9.17) is 4.74 Å². The quantitative estimate of drug-likeness (QED) is 0.620. The van der Waals surface area contributed by atoms with Gasteiger partial charge in [-0.3, -0.25) is 9.59 Å². The number of nitrogens with zero attached hydrogens (tertiary/aromatic N) is 1. The molecule has 122 valence electrons. The molecule has 0 N–H and O–H groups in total. The lowest BCUT2D eigenvalue weighted by Gasteiger charge is -2.19. The standard InChI is InChI=1S/C19H23NO3/c21-18-11-16(13-20(18)12-15-7-3-1-4-8-15)14-23-19(22)17-9-5-2-6-10-17/h1-5,7-8,16-17H,6,9-14H2/t16-,17-/m0/s1. The van der Waals surface area contributed by atoms with E-state index in [9.17, 15) is 9.59 Å². The fourth-order valence-corrected chi connectivity index (χ4v) is 3.25. The number of esters is 1. The molecule has 2 atom stereocenters. The number of likely N-dealkylation sites (tertiary alicyclic amines) is 1. The SMILES string of the molecule is O=C(OC[C@H]1CC(=O)N(Cc2ccccc2)C1)[C@H]1CC=CCC1. The molecule has 1 aromatic carbocycles. The van der Waals surface area contributed by atoms with Gasteiger partial charge in [0, 0.05) is 25.4 Å². The molecule has 1 aliphatic heterocycles. The van der Waals surface area contributed by atoms with Gasteiger partial charge in [0.2, 0.25) is 5.91 Å². The second-order valence-electron chi connectivity index (χ2n) is 6.44. The van der Waals surface area contributed by atoms with E-state index in [1.807, 2.05) is 35.2 Å². The molecule has 4 heteroatoms. The Morgan fingerprint density at radius 1 is 1.22 bits per heavy atom. The molecule has 0 spiro atoms. The van der Waals surface area contributed by atoms with Crippen molar-refractivity contribution in [1.82, 2.24) is 4.90 Å². The van der Waals surface area contributed by atoms with Crippen molar-refractivity contribution in [1.29, 1.82) is 0 Å². The predicted octanol–water partition coefficient (Wildman–Crippen LogP) is 2.93.